The second-order valence-corrected chi connectivity index (χ2v) is 9.69. The highest BCUT2D eigenvalue weighted by Crippen LogP contribution is 2.27. The van der Waals surface area contributed by atoms with Gasteiger partial charge in [0, 0.05) is 31.7 Å². The Bertz CT molecular complexity index is 863. The van der Waals surface area contributed by atoms with Gasteiger partial charge in [0.05, 0.1) is 17.4 Å². The molecule has 2 atom stereocenters. The van der Waals surface area contributed by atoms with Crippen LogP contribution in [0.4, 0.5) is 0 Å². The van der Waals surface area contributed by atoms with Crippen LogP contribution in [0.1, 0.15) is 26.7 Å². The van der Waals surface area contributed by atoms with Crippen LogP contribution >= 0.6 is 0 Å². The topological polar surface area (TPSA) is 79.3 Å². The summed E-state index contributed by atoms with van der Waals surface area (Å²) in [5.41, 5.74) is 8.27. The molecule has 4 rings (SSSR count). The van der Waals surface area contributed by atoms with Crippen LogP contribution in [0, 0.1) is 5.92 Å². The van der Waals surface area contributed by atoms with Gasteiger partial charge in [-0.3, -0.25) is 10.9 Å². The van der Waals surface area contributed by atoms with Crippen LogP contribution in [0.3, 0.4) is 0 Å². The summed E-state index contributed by atoms with van der Waals surface area (Å²) >= 11 is 0. The first-order valence-electron chi connectivity index (χ1n) is 9.36. The Kier molecular flexibility index (Phi) is 4.77. The van der Waals surface area contributed by atoms with E-state index < -0.39 is 15.3 Å². The minimum absolute atomic E-state index is 0.0787. The maximum Gasteiger partial charge on any atom is 0.220 e. The molecule has 2 aliphatic rings. The Morgan fingerprint density at radius 2 is 1.77 bits per heavy atom. The van der Waals surface area contributed by atoms with Crippen molar-refractivity contribution in [3.05, 3.63) is 30.6 Å². The third-order valence-corrected chi connectivity index (χ3v) is 8.37. The number of aromatic nitrogens is 2. The lowest BCUT2D eigenvalue weighted by molar-refractivity contribution is 0.252. The third kappa shape index (κ3) is 3.15. The fraction of sp³-hybridized carbons (Fsp3) is 0.611. The number of hydrazine groups is 1. The fourth-order valence-electron chi connectivity index (χ4n) is 4.33. The maximum absolute atomic E-state index is 13.0. The summed E-state index contributed by atoms with van der Waals surface area (Å²) in [4.78, 5) is 4.45. The Labute approximate surface area is 154 Å². The van der Waals surface area contributed by atoms with Gasteiger partial charge in [-0.05, 0) is 44.7 Å². The SMILES string of the molecule is CC1NNC(C)C1S(=O)(=O)N1CCC(Cn2cnc3ccccc32)CC1. The Balaban J connectivity index is 1.41. The van der Waals surface area contributed by atoms with Gasteiger partial charge >= 0.3 is 0 Å². The van der Waals surface area contributed by atoms with Gasteiger partial charge in [-0.2, -0.15) is 0 Å². The molecule has 2 saturated heterocycles. The van der Waals surface area contributed by atoms with Crippen LogP contribution in [0.2, 0.25) is 0 Å². The highest BCUT2D eigenvalue weighted by Gasteiger charge is 2.44. The van der Waals surface area contributed by atoms with Gasteiger partial charge in [-0.25, -0.2) is 17.7 Å². The standard InChI is InChI=1S/C18H27N5O2S/c1-13-18(14(2)21-20-13)26(24,25)23-9-7-15(8-10-23)11-22-12-19-16-5-3-4-6-17(16)22/h3-6,12-15,18,20-21H,7-11H2,1-2H3. The van der Waals surface area contributed by atoms with E-state index in [2.05, 4.69) is 26.5 Å². The van der Waals surface area contributed by atoms with Crippen LogP contribution < -0.4 is 10.9 Å². The van der Waals surface area contributed by atoms with Crippen molar-refractivity contribution in [3.8, 4) is 0 Å². The van der Waals surface area contributed by atoms with E-state index in [-0.39, 0.29) is 12.1 Å². The molecule has 0 bridgehead atoms. The summed E-state index contributed by atoms with van der Waals surface area (Å²) < 4.78 is 30.0. The van der Waals surface area contributed by atoms with Crippen molar-refractivity contribution in [2.75, 3.05) is 13.1 Å². The molecule has 2 unspecified atom stereocenters. The van der Waals surface area contributed by atoms with Crippen LogP contribution in [0.5, 0.6) is 0 Å². The number of piperidine rings is 1. The molecule has 0 spiro atoms. The summed E-state index contributed by atoms with van der Waals surface area (Å²) in [5, 5.41) is -0.406. The minimum Gasteiger partial charge on any atom is -0.330 e. The zero-order chi connectivity index (χ0) is 18.3. The molecular formula is C18H27N5O2S. The average Bonchev–Trinajstić information content (AvgIpc) is 3.19. The Morgan fingerprint density at radius 3 is 2.46 bits per heavy atom. The highest BCUT2D eigenvalue weighted by atomic mass is 32.2. The number of rotatable bonds is 4. The largest absolute Gasteiger partial charge is 0.330 e. The predicted octanol–water partition coefficient (Wildman–Crippen LogP) is 1.33. The van der Waals surface area contributed by atoms with Crippen molar-refractivity contribution in [1.82, 2.24) is 24.7 Å². The number of imidazole rings is 1. The van der Waals surface area contributed by atoms with E-state index in [1.165, 1.54) is 0 Å². The summed E-state index contributed by atoms with van der Waals surface area (Å²) in [7, 11) is -3.29. The number of sulfonamides is 1. The average molecular weight is 378 g/mol. The monoisotopic (exact) mass is 377 g/mol. The molecule has 26 heavy (non-hydrogen) atoms. The van der Waals surface area contributed by atoms with Gasteiger partial charge in [0.1, 0.15) is 5.25 Å². The summed E-state index contributed by atoms with van der Waals surface area (Å²) in [5.74, 6) is 0.480. The second kappa shape index (κ2) is 6.92. The number of nitrogens with one attached hydrogen (secondary N) is 2. The predicted molar refractivity (Wildman–Crippen MR) is 102 cm³/mol. The third-order valence-electron chi connectivity index (χ3n) is 5.78. The maximum atomic E-state index is 13.0. The van der Waals surface area contributed by atoms with E-state index in [0.717, 1.165) is 30.4 Å². The van der Waals surface area contributed by atoms with Crippen LogP contribution in [0.15, 0.2) is 30.6 Å². The van der Waals surface area contributed by atoms with E-state index in [9.17, 15) is 8.42 Å². The first kappa shape index (κ1) is 17.9. The number of fused-ring (bicyclic) bond motifs is 1. The number of hydrogen-bond donors (Lipinski definition) is 2. The zero-order valence-corrected chi connectivity index (χ0v) is 16.1. The number of hydrogen-bond acceptors (Lipinski definition) is 5. The summed E-state index contributed by atoms with van der Waals surface area (Å²) in [6.07, 6.45) is 3.68. The molecule has 7 nitrogen and oxygen atoms in total. The molecule has 3 heterocycles. The molecule has 0 radical (unpaired) electrons. The van der Waals surface area contributed by atoms with Crippen molar-refractivity contribution in [1.29, 1.82) is 0 Å². The Hall–Kier alpha value is -1.48. The lowest BCUT2D eigenvalue weighted by atomic mass is 9.98. The lowest BCUT2D eigenvalue weighted by Crippen LogP contribution is -2.49. The molecule has 2 aliphatic heterocycles. The normalized spacial score (nSPS) is 28.8. The summed E-state index contributed by atoms with van der Waals surface area (Å²) in [6.45, 7) is 5.96. The molecule has 0 amide bonds. The van der Waals surface area contributed by atoms with Gasteiger partial charge in [0.2, 0.25) is 10.0 Å². The van der Waals surface area contributed by atoms with E-state index in [0.29, 0.717) is 19.0 Å². The van der Waals surface area contributed by atoms with Crippen molar-refractivity contribution in [2.24, 2.45) is 5.92 Å². The molecule has 1 aromatic carbocycles. The lowest BCUT2D eigenvalue weighted by Gasteiger charge is -2.34. The van der Waals surface area contributed by atoms with Crippen molar-refractivity contribution in [3.63, 3.8) is 0 Å². The van der Waals surface area contributed by atoms with Gasteiger partial charge in [0.15, 0.2) is 0 Å². The molecule has 2 aromatic rings. The smallest absolute Gasteiger partial charge is 0.220 e. The molecule has 2 fully saturated rings. The molecule has 2 N–H and O–H groups in total. The number of nitrogens with zero attached hydrogens (tertiary/aromatic N) is 3. The number of benzene rings is 1. The van der Waals surface area contributed by atoms with E-state index >= 15 is 0 Å². The van der Waals surface area contributed by atoms with E-state index in [4.69, 9.17) is 0 Å². The van der Waals surface area contributed by atoms with Crippen LogP contribution in [-0.4, -0.2) is 52.7 Å². The van der Waals surface area contributed by atoms with E-state index in [1.807, 2.05) is 38.4 Å². The van der Waals surface area contributed by atoms with Gasteiger partial charge in [-0.15, -0.1) is 0 Å². The van der Waals surface area contributed by atoms with Gasteiger partial charge in [-0.1, -0.05) is 12.1 Å². The molecule has 0 aliphatic carbocycles. The second-order valence-electron chi connectivity index (χ2n) is 7.60. The van der Waals surface area contributed by atoms with Crippen molar-refractivity contribution in [2.45, 2.75) is 50.6 Å². The minimum atomic E-state index is -3.29. The zero-order valence-electron chi connectivity index (χ0n) is 15.3. The van der Waals surface area contributed by atoms with Gasteiger partial charge in [0.25, 0.3) is 0 Å². The quantitative estimate of drug-likeness (QED) is 0.840. The first-order chi connectivity index (χ1) is 12.5. The highest BCUT2D eigenvalue weighted by molar-refractivity contribution is 7.89. The van der Waals surface area contributed by atoms with Crippen LogP contribution in [0.25, 0.3) is 11.0 Å². The van der Waals surface area contributed by atoms with Crippen molar-refractivity contribution < 1.29 is 8.42 Å². The molecular weight excluding hydrogens is 350 g/mol. The van der Waals surface area contributed by atoms with E-state index in [1.54, 1.807) is 4.31 Å². The van der Waals surface area contributed by atoms with Crippen LogP contribution in [-0.2, 0) is 16.6 Å². The molecule has 0 saturated carbocycles. The fourth-order valence-corrected chi connectivity index (χ4v) is 6.56. The molecule has 1 aromatic heterocycles. The van der Waals surface area contributed by atoms with Gasteiger partial charge < -0.3 is 4.57 Å². The van der Waals surface area contributed by atoms with Crippen molar-refractivity contribution >= 4 is 21.1 Å². The first-order valence-corrected chi connectivity index (χ1v) is 10.9. The Morgan fingerprint density at radius 1 is 1.12 bits per heavy atom. The number of para-hydroxylation sites is 2. The molecule has 142 valence electrons. The molecule has 8 heteroatoms. The summed E-state index contributed by atoms with van der Waals surface area (Å²) in [6, 6.07) is 7.98.